The molecule has 2 aliphatic heterocycles. The molecule has 0 unspecified atom stereocenters. The van der Waals surface area contributed by atoms with Crippen LogP contribution in [0.4, 0.5) is 8.78 Å². The zero-order valence-corrected chi connectivity index (χ0v) is 21.6. The molecule has 0 aromatic heterocycles. The normalized spacial score (nSPS) is 17.5. The van der Waals surface area contributed by atoms with Gasteiger partial charge in [-0.3, -0.25) is 9.69 Å². The number of hydrogen-bond acceptors (Lipinski definition) is 6. The average Bonchev–Trinajstić information content (AvgIpc) is 2.91. The number of carbonyl (C=O) groups is 1. The quantitative estimate of drug-likeness (QED) is 0.346. The van der Waals surface area contributed by atoms with Gasteiger partial charge in [-0.15, -0.1) is 0 Å². The highest BCUT2D eigenvalue weighted by Crippen LogP contribution is 2.32. The van der Waals surface area contributed by atoms with E-state index < -0.39 is 19.5 Å². The number of hydrogen-bond donors (Lipinski definition) is 0. The molecule has 2 aliphatic rings. The SMILES string of the molecule is CCOC(=O)[C@@H]1CCCN(CC2=Cc3ccc(OCc4ccc(OC(CF)CF)c(Cl)c4)cc3OC2)C1. The zero-order valence-electron chi connectivity index (χ0n) is 20.9. The van der Waals surface area contributed by atoms with Crippen LogP contribution in [-0.2, 0) is 16.1 Å². The Kier molecular flexibility index (Phi) is 9.63. The van der Waals surface area contributed by atoms with Gasteiger partial charge in [-0.1, -0.05) is 17.7 Å². The fraction of sp³-hybridized carbons (Fsp3) is 0.464. The van der Waals surface area contributed by atoms with E-state index in [2.05, 4.69) is 11.0 Å². The number of fused-ring (bicyclic) bond motifs is 1. The van der Waals surface area contributed by atoms with Gasteiger partial charge in [0.25, 0.3) is 0 Å². The lowest BCUT2D eigenvalue weighted by Crippen LogP contribution is -2.40. The van der Waals surface area contributed by atoms with E-state index in [0.717, 1.165) is 48.4 Å². The monoisotopic (exact) mass is 535 g/mol. The van der Waals surface area contributed by atoms with Crippen molar-refractivity contribution in [1.82, 2.24) is 4.90 Å². The van der Waals surface area contributed by atoms with E-state index in [-0.39, 0.29) is 29.3 Å². The number of piperidine rings is 1. The van der Waals surface area contributed by atoms with E-state index in [1.807, 2.05) is 25.1 Å². The van der Waals surface area contributed by atoms with Crippen LogP contribution < -0.4 is 14.2 Å². The van der Waals surface area contributed by atoms with Crippen molar-refractivity contribution < 1.29 is 32.5 Å². The molecule has 0 saturated carbocycles. The molecular formula is C28H32ClF2NO5. The second-order valence-corrected chi connectivity index (χ2v) is 9.63. The van der Waals surface area contributed by atoms with Crippen molar-refractivity contribution in [3.05, 3.63) is 58.1 Å². The number of carbonyl (C=O) groups excluding carboxylic acids is 1. The number of halogens is 3. The van der Waals surface area contributed by atoms with Crippen molar-refractivity contribution in [1.29, 1.82) is 0 Å². The van der Waals surface area contributed by atoms with Crippen molar-refractivity contribution in [2.75, 3.05) is 46.2 Å². The molecule has 1 atom stereocenters. The molecule has 0 N–H and O–H groups in total. The van der Waals surface area contributed by atoms with Crippen molar-refractivity contribution in [3.8, 4) is 17.2 Å². The highest BCUT2D eigenvalue weighted by Gasteiger charge is 2.27. The first-order valence-electron chi connectivity index (χ1n) is 12.5. The molecular weight excluding hydrogens is 504 g/mol. The molecule has 0 amide bonds. The summed E-state index contributed by atoms with van der Waals surface area (Å²) in [4.78, 5) is 14.4. The molecule has 1 fully saturated rings. The van der Waals surface area contributed by atoms with Crippen molar-refractivity contribution in [2.45, 2.75) is 32.5 Å². The van der Waals surface area contributed by atoms with Gasteiger partial charge in [-0.2, -0.15) is 0 Å². The summed E-state index contributed by atoms with van der Waals surface area (Å²) in [6.07, 6.45) is 2.83. The molecule has 0 bridgehead atoms. The summed E-state index contributed by atoms with van der Waals surface area (Å²) in [5.41, 5.74) is 2.93. The fourth-order valence-corrected chi connectivity index (χ4v) is 4.74. The summed E-state index contributed by atoms with van der Waals surface area (Å²) in [5, 5.41) is 0.265. The summed E-state index contributed by atoms with van der Waals surface area (Å²) in [6.45, 7) is 3.54. The Morgan fingerprint density at radius 1 is 1.22 bits per heavy atom. The van der Waals surface area contributed by atoms with E-state index in [1.165, 1.54) is 0 Å². The fourth-order valence-electron chi connectivity index (χ4n) is 4.49. The molecule has 0 spiro atoms. The number of nitrogens with zero attached hydrogens (tertiary/aromatic N) is 1. The summed E-state index contributed by atoms with van der Waals surface area (Å²) >= 11 is 6.21. The number of likely N-dealkylation sites (tertiary alicyclic amines) is 1. The first-order chi connectivity index (χ1) is 18.0. The van der Waals surface area contributed by atoms with E-state index >= 15 is 0 Å². The Balaban J connectivity index is 1.32. The van der Waals surface area contributed by atoms with Gasteiger partial charge >= 0.3 is 5.97 Å². The predicted molar refractivity (Wildman–Crippen MR) is 138 cm³/mol. The molecule has 4 rings (SSSR count). The second kappa shape index (κ2) is 13.1. The van der Waals surface area contributed by atoms with Gasteiger partial charge in [0.05, 0.1) is 17.5 Å². The lowest BCUT2D eigenvalue weighted by atomic mass is 9.97. The minimum atomic E-state index is -1.16. The van der Waals surface area contributed by atoms with Crippen molar-refractivity contribution in [3.63, 3.8) is 0 Å². The van der Waals surface area contributed by atoms with Crippen LogP contribution in [0.1, 0.15) is 30.9 Å². The molecule has 2 heterocycles. The minimum absolute atomic E-state index is 0.0633. The molecule has 1 saturated heterocycles. The molecule has 200 valence electrons. The van der Waals surface area contributed by atoms with Gasteiger partial charge < -0.3 is 18.9 Å². The average molecular weight is 536 g/mol. The molecule has 2 aromatic rings. The van der Waals surface area contributed by atoms with Gasteiger partial charge in [-0.05, 0) is 67.8 Å². The van der Waals surface area contributed by atoms with Crippen LogP contribution in [0, 0.1) is 5.92 Å². The van der Waals surface area contributed by atoms with Gasteiger partial charge in [0.15, 0.2) is 6.10 Å². The van der Waals surface area contributed by atoms with Crippen LogP contribution in [0.3, 0.4) is 0 Å². The van der Waals surface area contributed by atoms with Crippen LogP contribution in [0.5, 0.6) is 17.2 Å². The molecule has 6 nitrogen and oxygen atoms in total. The van der Waals surface area contributed by atoms with Gasteiger partial charge in [-0.25, -0.2) is 8.78 Å². The maximum absolute atomic E-state index is 12.7. The third-order valence-corrected chi connectivity index (χ3v) is 6.64. The summed E-state index contributed by atoms with van der Waals surface area (Å²) in [5.74, 6) is 1.46. The van der Waals surface area contributed by atoms with Crippen LogP contribution in [0.2, 0.25) is 5.02 Å². The Morgan fingerprint density at radius 2 is 2.05 bits per heavy atom. The number of esters is 1. The molecule has 37 heavy (non-hydrogen) atoms. The molecule has 2 aromatic carbocycles. The topological polar surface area (TPSA) is 57.2 Å². The Bertz CT molecular complexity index is 1110. The second-order valence-electron chi connectivity index (χ2n) is 9.22. The number of rotatable bonds is 11. The molecule has 9 heteroatoms. The van der Waals surface area contributed by atoms with Crippen LogP contribution in [-0.4, -0.2) is 63.2 Å². The van der Waals surface area contributed by atoms with E-state index in [9.17, 15) is 13.6 Å². The standard InChI is InChI=1S/C28H32ClF2NO5/c1-2-34-28(33)22-4-3-9-32(16-22)15-20-10-21-6-7-23(12-27(21)36-18-20)35-17-19-5-8-26(25(29)11-19)37-24(13-30)14-31/h5-8,10-12,22,24H,2-4,9,13-18H2,1H3/t22-/m1/s1. The molecule has 0 radical (unpaired) electrons. The predicted octanol–water partition coefficient (Wildman–Crippen LogP) is 5.66. The lowest BCUT2D eigenvalue weighted by Gasteiger charge is -2.32. The lowest BCUT2D eigenvalue weighted by molar-refractivity contribution is -0.149. The summed E-state index contributed by atoms with van der Waals surface area (Å²) < 4.78 is 47.8. The van der Waals surface area contributed by atoms with Crippen molar-refractivity contribution >= 4 is 23.6 Å². The van der Waals surface area contributed by atoms with Gasteiger partial charge in [0.2, 0.25) is 0 Å². The van der Waals surface area contributed by atoms with Crippen molar-refractivity contribution in [2.24, 2.45) is 5.92 Å². The third-order valence-electron chi connectivity index (χ3n) is 6.35. The summed E-state index contributed by atoms with van der Waals surface area (Å²) in [7, 11) is 0. The maximum atomic E-state index is 12.7. The number of alkyl halides is 2. The third kappa shape index (κ3) is 7.36. The Morgan fingerprint density at radius 3 is 2.81 bits per heavy atom. The Labute approximate surface area is 221 Å². The Hall–Kier alpha value is -2.84. The largest absolute Gasteiger partial charge is 0.489 e. The van der Waals surface area contributed by atoms with E-state index in [1.54, 1.807) is 18.2 Å². The van der Waals surface area contributed by atoms with Gasteiger partial charge in [0.1, 0.15) is 43.8 Å². The van der Waals surface area contributed by atoms with Gasteiger partial charge in [0, 0.05) is 24.7 Å². The van der Waals surface area contributed by atoms with E-state index in [4.69, 9.17) is 30.5 Å². The zero-order chi connectivity index (χ0) is 26.2. The highest BCUT2D eigenvalue weighted by molar-refractivity contribution is 6.32. The van der Waals surface area contributed by atoms with Crippen LogP contribution in [0.25, 0.3) is 6.08 Å². The maximum Gasteiger partial charge on any atom is 0.310 e. The smallest absolute Gasteiger partial charge is 0.310 e. The van der Waals surface area contributed by atoms with E-state index in [0.29, 0.717) is 25.5 Å². The number of benzene rings is 2. The first kappa shape index (κ1) is 27.2. The van der Waals surface area contributed by atoms with Crippen LogP contribution >= 0.6 is 11.6 Å². The summed E-state index contributed by atoms with van der Waals surface area (Å²) in [6, 6.07) is 10.7. The first-order valence-corrected chi connectivity index (χ1v) is 12.9. The number of ether oxygens (including phenoxy) is 4. The highest BCUT2D eigenvalue weighted by atomic mass is 35.5. The molecule has 0 aliphatic carbocycles. The minimum Gasteiger partial charge on any atom is -0.489 e. The van der Waals surface area contributed by atoms with Crippen LogP contribution in [0.15, 0.2) is 42.0 Å².